The maximum absolute atomic E-state index is 6.23. The van der Waals surface area contributed by atoms with Crippen molar-refractivity contribution < 1.29 is 0 Å². The first-order valence-corrected chi connectivity index (χ1v) is 6.95. The van der Waals surface area contributed by atoms with Gasteiger partial charge in [-0.2, -0.15) is 0 Å². The van der Waals surface area contributed by atoms with E-state index < -0.39 is 0 Å². The van der Waals surface area contributed by atoms with Crippen LogP contribution < -0.4 is 5.32 Å². The summed E-state index contributed by atoms with van der Waals surface area (Å²) in [7, 11) is 0. The Bertz CT molecular complexity index is 590. The average molecular weight is 274 g/mol. The highest BCUT2D eigenvalue weighted by molar-refractivity contribution is 6.33. The molecule has 0 aromatic heterocycles. The first-order chi connectivity index (χ1) is 8.97. The zero-order chi connectivity index (χ0) is 14.0. The van der Waals surface area contributed by atoms with E-state index in [4.69, 9.17) is 11.6 Å². The molecule has 19 heavy (non-hydrogen) atoms. The summed E-state index contributed by atoms with van der Waals surface area (Å²) in [4.78, 5) is 0. The summed E-state index contributed by atoms with van der Waals surface area (Å²) in [6.07, 6.45) is 0. The molecule has 0 aliphatic heterocycles. The van der Waals surface area contributed by atoms with Crippen molar-refractivity contribution in [1.29, 1.82) is 0 Å². The van der Waals surface area contributed by atoms with Crippen LogP contribution >= 0.6 is 11.6 Å². The number of hydrogen-bond donors (Lipinski definition) is 1. The molecule has 0 heterocycles. The topological polar surface area (TPSA) is 12.0 Å². The Morgan fingerprint density at radius 2 is 1.58 bits per heavy atom. The summed E-state index contributed by atoms with van der Waals surface area (Å²) in [5.74, 6) is 0. The first kappa shape index (κ1) is 14.0. The summed E-state index contributed by atoms with van der Waals surface area (Å²) < 4.78 is 0. The average Bonchev–Trinajstić information content (AvgIpc) is 2.33. The molecule has 0 aliphatic carbocycles. The lowest BCUT2D eigenvalue weighted by atomic mass is 10.00. The van der Waals surface area contributed by atoms with Crippen molar-refractivity contribution in [2.75, 3.05) is 5.32 Å². The monoisotopic (exact) mass is 273 g/mol. The van der Waals surface area contributed by atoms with Gasteiger partial charge < -0.3 is 5.32 Å². The number of nitrogens with one attached hydrogen (secondary N) is 1. The molecule has 0 spiro atoms. The minimum atomic E-state index is 0.236. The summed E-state index contributed by atoms with van der Waals surface area (Å²) >= 11 is 6.23. The Kier molecular flexibility index (Phi) is 4.16. The first-order valence-electron chi connectivity index (χ1n) is 6.57. The SMILES string of the molecule is Cc1ccc(C(C)Nc2cc(C)ccc2Cl)c(C)c1. The highest BCUT2D eigenvalue weighted by Crippen LogP contribution is 2.28. The second kappa shape index (κ2) is 5.66. The number of rotatable bonds is 3. The molecule has 0 saturated heterocycles. The van der Waals surface area contributed by atoms with E-state index in [9.17, 15) is 0 Å². The predicted octanol–water partition coefficient (Wildman–Crippen LogP) is 5.44. The van der Waals surface area contributed by atoms with Crippen molar-refractivity contribution in [1.82, 2.24) is 0 Å². The second-order valence-corrected chi connectivity index (χ2v) is 5.62. The van der Waals surface area contributed by atoms with Crippen LogP contribution in [0, 0.1) is 20.8 Å². The summed E-state index contributed by atoms with van der Waals surface area (Å²) in [5.41, 5.74) is 6.11. The summed E-state index contributed by atoms with van der Waals surface area (Å²) in [6, 6.07) is 12.8. The maximum atomic E-state index is 6.23. The standard InChI is InChI=1S/C17H20ClN/c1-11-5-7-15(13(3)9-11)14(4)19-17-10-12(2)6-8-16(17)18/h5-10,14,19H,1-4H3. The lowest BCUT2D eigenvalue weighted by Crippen LogP contribution is -2.08. The van der Waals surface area contributed by atoms with Gasteiger partial charge in [-0.1, -0.05) is 41.4 Å². The molecular formula is C17H20ClN. The van der Waals surface area contributed by atoms with Gasteiger partial charge in [0.2, 0.25) is 0 Å². The molecule has 0 aliphatic rings. The number of aryl methyl sites for hydroxylation is 3. The third kappa shape index (κ3) is 3.30. The van der Waals surface area contributed by atoms with Crippen molar-refractivity contribution in [3.05, 3.63) is 63.7 Å². The molecule has 2 aromatic rings. The van der Waals surface area contributed by atoms with Crippen LogP contribution in [-0.4, -0.2) is 0 Å². The summed E-state index contributed by atoms with van der Waals surface area (Å²) in [5, 5.41) is 4.26. The molecule has 2 aromatic carbocycles. The minimum absolute atomic E-state index is 0.236. The number of benzene rings is 2. The van der Waals surface area contributed by atoms with Gasteiger partial charge in [0.15, 0.2) is 0 Å². The number of hydrogen-bond acceptors (Lipinski definition) is 1. The lowest BCUT2D eigenvalue weighted by Gasteiger charge is -2.19. The van der Waals surface area contributed by atoms with Crippen LogP contribution in [0.3, 0.4) is 0 Å². The van der Waals surface area contributed by atoms with Gasteiger partial charge in [-0.05, 0) is 56.5 Å². The van der Waals surface area contributed by atoms with E-state index in [-0.39, 0.29) is 6.04 Å². The van der Waals surface area contributed by atoms with Gasteiger partial charge in [0.05, 0.1) is 10.7 Å². The van der Waals surface area contributed by atoms with E-state index in [1.165, 1.54) is 22.3 Å². The smallest absolute Gasteiger partial charge is 0.0637 e. The Morgan fingerprint density at radius 3 is 2.26 bits per heavy atom. The van der Waals surface area contributed by atoms with Gasteiger partial charge in [-0.3, -0.25) is 0 Å². The van der Waals surface area contributed by atoms with E-state index in [0.29, 0.717) is 0 Å². The molecule has 100 valence electrons. The van der Waals surface area contributed by atoms with Gasteiger partial charge in [0.25, 0.3) is 0 Å². The van der Waals surface area contributed by atoms with Crippen LogP contribution in [0.1, 0.15) is 35.2 Å². The molecule has 1 unspecified atom stereocenters. The van der Waals surface area contributed by atoms with Crippen molar-refractivity contribution in [3.63, 3.8) is 0 Å². The van der Waals surface area contributed by atoms with Crippen molar-refractivity contribution in [3.8, 4) is 0 Å². The quantitative estimate of drug-likeness (QED) is 0.785. The molecule has 0 radical (unpaired) electrons. The molecule has 2 rings (SSSR count). The van der Waals surface area contributed by atoms with Crippen molar-refractivity contribution in [2.45, 2.75) is 33.7 Å². The third-order valence-electron chi connectivity index (χ3n) is 3.39. The second-order valence-electron chi connectivity index (χ2n) is 5.21. The highest BCUT2D eigenvalue weighted by Gasteiger charge is 2.10. The van der Waals surface area contributed by atoms with Crippen LogP contribution in [0.25, 0.3) is 0 Å². The predicted molar refractivity (Wildman–Crippen MR) is 84.1 cm³/mol. The minimum Gasteiger partial charge on any atom is -0.377 e. The molecule has 2 heteroatoms. The Balaban J connectivity index is 2.25. The zero-order valence-electron chi connectivity index (χ0n) is 11.9. The highest BCUT2D eigenvalue weighted by atomic mass is 35.5. The lowest BCUT2D eigenvalue weighted by molar-refractivity contribution is 0.873. The van der Waals surface area contributed by atoms with Crippen LogP contribution in [0.15, 0.2) is 36.4 Å². The van der Waals surface area contributed by atoms with Crippen LogP contribution in [0.5, 0.6) is 0 Å². The largest absolute Gasteiger partial charge is 0.377 e. The van der Waals surface area contributed by atoms with Crippen LogP contribution in [-0.2, 0) is 0 Å². The molecule has 0 amide bonds. The van der Waals surface area contributed by atoms with Crippen LogP contribution in [0.4, 0.5) is 5.69 Å². The Labute approximate surface area is 120 Å². The molecule has 0 bridgehead atoms. The van der Waals surface area contributed by atoms with Crippen molar-refractivity contribution >= 4 is 17.3 Å². The van der Waals surface area contributed by atoms with Crippen LogP contribution in [0.2, 0.25) is 5.02 Å². The molecule has 1 N–H and O–H groups in total. The van der Waals surface area contributed by atoms with E-state index in [2.05, 4.69) is 57.3 Å². The fraction of sp³-hybridized carbons (Fsp3) is 0.294. The molecule has 1 atom stereocenters. The number of halogens is 1. The van der Waals surface area contributed by atoms with E-state index >= 15 is 0 Å². The van der Waals surface area contributed by atoms with Gasteiger partial charge >= 0.3 is 0 Å². The molecule has 0 saturated carbocycles. The Morgan fingerprint density at radius 1 is 0.947 bits per heavy atom. The zero-order valence-corrected chi connectivity index (χ0v) is 12.7. The van der Waals surface area contributed by atoms with E-state index in [0.717, 1.165) is 10.7 Å². The summed E-state index contributed by atoms with van der Waals surface area (Å²) in [6.45, 7) is 8.50. The third-order valence-corrected chi connectivity index (χ3v) is 3.72. The number of anilines is 1. The molecular weight excluding hydrogens is 254 g/mol. The van der Waals surface area contributed by atoms with Crippen molar-refractivity contribution in [2.24, 2.45) is 0 Å². The normalized spacial score (nSPS) is 12.3. The van der Waals surface area contributed by atoms with Gasteiger partial charge in [-0.15, -0.1) is 0 Å². The fourth-order valence-corrected chi connectivity index (χ4v) is 2.54. The van der Waals surface area contributed by atoms with E-state index in [1.54, 1.807) is 0 Å². The molecule has 1 nitrogen and oxygen atoms in total. The Hall–Kier alpha value is -1.47. The van der Waals surface area contributed by atoms with Gasteiger partial charge in [0.1, 0.15) is 0 Å². The molecule has 0 fully saturated rings. The fourth-order valence-electron chi connectivity index (χ4n) is 2.37. The van der Waals surface area contributed by atoms with Gasteiger partial charge in [0, 0.05) is 6.04 Å². The van der Waals surface area contributed by atoms with E-state index in [1.807, 2.05) is 12.1 Å². The maximum Gasteiger partial charge on any atom is 0.0637 e. The van der Waals surface area contributed by atoms with Gasteiger partial charge in [-0.25, -0.2) is 0 Å².